The number of ether oxygens (including phenoxy) is 1. The van der Waals surface area contributed by atoms with E-state index in [2.05, 4.69) is 4.74 Å². The Morgan fingerprint density at radius 1 is 1.18 bits per heavy atom. The third kappa shape index (κ3) is 3.72. The normalized spacial score (nSPS) is 30.9. The van der Waals surface area contributed by atoms with Crippen LogP contribution in [0.4, 0.5) is 0 Å². The molecule has 2 aliphatic rings. The minimum absolute atomic E-state index is 0.00537. The summed E-state index contributed by atoms with van der Waals surface area (Å²) in [5, 5.41) is 8.81. The molecule has 2 aliphatic carbocycles. The molecule has 0 aliphatic heterocycles. The summed E-state index contributed by atoms with van der Waals surface area (Å²) in [6, 6.07) is 0. The molecule has 0 bridgehead atoms. The van der Waals surface area contributed by atoms with E-state index in [4.69, 9.17) is 5.11 Å². The molecule has 0 heterocycles. The summed E-state index contributed by atoms with van der Waals surface area (Å²) in [6.07, 6.45) is 3.19. The number of aliphatic carboxylic acids is 1. The molecule has 6 heteroatoms. The van der Waals surface area contributed by atoms with Crippen LogP contribution in [0.1, 0.15) is 44.9 Å². The van der Waals surface area contributed by atoms with E-state index >= 15 is 0 Å². The highest BCUT2D eigenvalue weighted by Crippen LogP contribution is 2.48. The molecule has 6 nitrogen and oxygen atoms in total. The molecule has 0 radical (unpaired) electrons. The predicted octanol–water partition coefficient (Wildman–Crippen LogP) is 1.60. The molecule has 2 saturated carbocycles. The van der Waals surface area contributed by atoms with Gasteiger partial charge in [0, 0.05) is 31.1 Å². The van der Waals surface area contributed by atoms with Crippen LogP contribution in [-0.4, -0.2) is 35.7 Å². The van der Waals surface area contributed by atoms with Crippen LogP contribution in [0.15, 0.2) is 0 Å². The number of hydrogen-bond acceptors (Lipinski definition) is 5. The first-order valence-corrected chi connectivity index (χ1v) is 7.87. The van der Waals surface area contributed by atoms with Gasteiger partial charge in [0.1, 0.15) is 11.6 Å². The molecule has 4 unspecified atom stereocenters. The van der Waals surface area contributed by atoms with E-state index in [9.17, 15) is 19.2 Å². The minimum atomic E-state index is -0.884. The molecule has 1 N–H and O–H groups in total. The highest BCUT2D eigenvalue weighted by atomic mass is 16.5. The summed E-state index contributed by atoms with van der Waals surface area (Å²) in [6.45, 7) is 0.688. The van der Waals surface area contributed by atoms with Crippen molar-refractivity contribution in [1.82, 2.24) is 0 Å². The van der Waals surface area contributed by atoms with Gasteiger partial charge in [-0.1, -0.05) is 0 Å². The molecule has 0 saturated heterocycles. The Kier molecular flexibility index (Phi) is 5.69. The van der Waals surface area contributed by atoms with Crippen molar-refractivity contribution in [1.29, 1.82) is 0 Å². The molecule has 0 aromatic heterocycles. The molecule has 0 spiro atoms. The van der Waals surface area contributed by atoms with Gasteiger partial charge >= 0.3 is 5.97 Å². The van der Waals surface area contributed by atoms with Gasteiger partial charge in [-0.2, -0.15) is 0 Å². The Labute approximate surface area is 129 Å². The molecule has 0 aromatic rings. The van der Waals surface area contributed by atoms with Gasteiger partial charge in [0.2, 0.25) is 0 Å². The van der Waals surface area contributed by atoms with Crippen LogP contribution < -0.4 is 0 Å². The van der Waals surface area contributed by atoms with Crippen LogP contribution in [-0.2, 0) is 23.9 Å². The number of fused-ring (bicyclic) bond motifs is 1. The molecule has 0 aromatic carbocycles. The average Bonchev–Trinajstić information content (AvgIpc) is 2.79. The Bertz CT molecular complexity index is 458. The highest BCUT2D eigenvalue weighted by Gasteiger charge is 2.49. The SMILES string of the molecule is O=COCCCC1C(=O)CCC2C(CCC(=O)O)C(=O)CC12. The Morgan fingerprint density at radius 3 is 2.59 bits per heavy atom. The van der Waals surface area contributed by atoms with Crippen molar-refractivity contribution in [2.24, 2.45) is 23.7 Å². The number of ketones is 2. The summed E-state index contributed by atoms with van der Waals surface area (Å²) in [4.78, 5) is 45.2. The first kappa shape index (κ1) is 16.6. The summed E-state index contributed by atoms with van der Waals surface area (Å²) < 4.78 is 4.65. The molecule has 2 fully saturated rings. The fourth-order valence-corrected chi connectivity index (χ4v) is 4.13. The second kappa shape index (κ2) is 7.51. The van der Waals surface area contributed by atoms with Crippen molar-refractivity contribution in [2.75, 3.05) is 6.61 Å². The van der Waals surface area contributed by atoms with Gasteiger partial charge in [0.05, 0.1) is 6.61 Å². The second-order valence-corrected chi connectivity index (χ2v) is 6.26. The number of carbonyl (C=O) groups is 4. The van der Waals surface area contributed by atoms with E-state index in [1.807, 2.05) is 0 Å². The zero-order valence-corrected chi connectivity index (χ0v) is 12.5. The van der Waals surface area contributed by atoms with E-state index in [1.165, 1.54) is 0 Å². The first-order chi connectivity index (χ1) is 10.5. The topological polar surface area (TPSA) is 97.7 Å². The van der Waals surface area contributed by atoms with Gasteiger partial charge in [0.15, 0.2) is 0 Å². The van der Waals surface area contributed by atoms with Gasteiger partial charge in [-0.3, -0.25) is 19.2 Å². The smallest absolute Gasteiger partial charge is 0.303 e. The summed E-state index contributed by atoms with van der Waals surface area (Å²) >= 11 is 0. The Hall–Kier alpha value is -1.72. The van der Waals surface area contributed by atoms with Crippen molar-refractivity contribution < 1.29 is 29.0 Å². The lowest BCUT2D eigenvalue weighted by atomic mass is 9.69. The number of rotatable bonds is 8. The van der Waals surface area contributed by atoms with Crippen molar-refractivity contribution >= 4 is 24.0 Å². The standard InChI is InChI=1S/C16H22O6/c17-9-22-7-1-2-11-13-8-15(19)12(4-6-16(20)21)10(13)3-5-14(11)18/h9-13H,1-8H2,(H,20,21). The third-order valence-corrected chi connectivity index (χ3v) is 5.09. The molecule has 4 atom stereocenters. The van der Waals surface area contributed by atoms with Crippen molar-refractivity contribution in [3.63, 3.8) is 0 Å². The van der Waals surface area contributed by atoms with Crippen LogP contribution >= 0.6 is 0 Å². The van der Waals surface area contributed by atoms with Crippen molar-refractivity contribution in [3.05, 3.63) is 0 Å². The van der Waals surface area contributed by atoms with E-state index < -0.39 is 5.97 Å². The number of carboxylic acid groups (broad SMARTS) is 1. The van der Waals surface area contributed by atoms with E-state index in [0.717, 1.165) is 0 Å². The van der Waals surface area contributed by atoms with Gasteiger partial charge < -0.3 is 9.84 Å². The lowest BCUT2D eigenvalue weighted by Gasteiger charge is -2.34. The zero-order valence-electron chi connectivity index (χ0n) is 12.5. The Balaban J connectivity index is 1.98. The molecular weight excluding hydrogens is 288 g/mol. The number of carboxylic acids is 1. The van der Waals surface area contributed by atoms with E-state index in [1.54, 1.807) is 0 Å². The van der Waals surface area contributed by atoms with Crippen LogP contribution in [0.25, 0.3) is 0 Å². The zero-order chi connectivity index (χ0) is 16.1. The fourth-order valence-electron chi connectivity index (χ4n) is 4.13. The first-order valence-electron chi connectivity index (χ1n) is 7.87. The van der Waals surface area contributed by atoms with Crippen LogP contribution in [0, 0.1) is 23.7 Å². The maximum Gasteiger partial charge on any atom is 0.303 e. The van der Waals surface area contributed by atoms with Gasteiger partial charge in [0.25, 0.3) is 6.47 Å². The Morgan fingerprint density at radius 2 is 1.91 bits per heavy atom. The van der Waals surface area contributed by atoms with Crippen molar-refractivity contribution in [2.45, 2.75) is 44.9 Å². The summed E-state index contributed by atoms with van der Waals surface area (Å²) in [5.41, 5.74) is 0. The number of hydrogen-bond donors (Lipinski definition) is 1. The van der Waals surface area contributed by atoms with Crippen molar-refractivity contribution in [3.8, 4) is 0 Å². The quantitative estimate of drug-likeness (QED) is 0.540. The molecule has 0 amide bonds. The largest absolute Gasteiger partial charge is 0.481 e. The fraction of sp³-hybridized carbons (Fsp3) is 0.750. The summed E-state index contributed by atoms with van der Waals surface area (Å²) in [7, 11) is 0. The van der Waals surface area contributed by atoms with E-state index in [0.29, 0.717) is 51.6 Å². The predicted molar refractivity (Wildman–Crippen MR) is 75.9 cm³/mol. The number of Topliss-reactive ketones (excluding diaryl/α,β-unsaturated/α-hetero) is 2. The maximum absolute atomic E-state index is 12.2. The lowest BCUT2D eigenvalue weighted by molar-refractivity contribution is -0.138. The lowest BCUT2D eigenvalue weighted by Crippen LogP contribution is -2.34. The van der Waals surface area contributed by atoms with E-state index in [-0.39, 0.29) is 41.7 Å². The average molecular weight is 310 g/mol. The molecule has 22 heavy (non-hydrogen) atoms. The van der Waals surface area contributed by atoms with Gasteiger partial charge in [-0.25, -0.2) is 0 Å². The van der Waals surface area contributed by atoms with Crippen LogP contribution in [0.2, 0.25) is 0 Å². The maximum atomic E-state index is 12.2. The molecular formula is C16H22O6. The minimum Gasteiger partial charge on any atom is -0.481 e. The third-order valence-electron chi connectivity index (χ3n) is 5.09. The van der Waals surface area contributed by atoms with Crippen LogP contribution in [0.3, 0.4) is 0 Å². The van der Waals surface area contributed by atoms with Crippen LogP contribution in [0.5, 0.6) is 0 Å². The second-order valence-electron chi connectivity index (χ2n) is 6.26. The molecule has 2 rings (SSSR count). The monoisotopic (exact) mass is 310 g/mol. The summed E-state index contributed by atoms with van der Waals surface area (Å²) in [5.74, 6) is -0.745. The highest BCUT2D eigenvalue weighted by molar-refractivity contribution is 5.88. The van der Waals surface area contributed by atoms with Gasteiger partial charge in [-0.05, 0) is 37.5 Å². The number of carbonyl (C=O) groups excluding carboxylic acids is 3. The van der Waals surface area contributed by atoms with Gasteiger partial charge in [-0.15, -0.1) is 0 Å². The molecule has 122 valence electrons.